The summed E-state index contributed by atoms with van der Waals surface area (Å²) in [4.78, 5) is 0. The van der Waals surface area contributed by atoms with Gasteiger partial charge in [0.15, 0.2) is 0 Å². The van der Waals surface area contributed by atoms with E-state index in [0.29, 0.717) is 0 Å². The van der Waals surface area contributed by atoms with Crippen LogP contribution in [0.5, 0.6) is 0 Å². The minimum absolute atomic E-state index is 0.817. The summed E-state index contributed by atoms with van der Waals surface area (Å²) in [6, 6.07) is 0.817. The zero-order chi connectivity index (χ0) is 6.27. The number of hydrogen-bond donors (Lipinski definition) is 1. The maximum atomic E-state index is 3.52. The smallest absolute Gasteiger partial charge is 0.00702 e. The average molecular weight is 125 g/mol. The van der Waals surface area contributed by atoms with Gasteiger partial charge in [-0.15, -0.1) is 0 Å². The topological polar surface area (TPSA) is 12.0 Å². The monoisotopic (exact) mass is 125 g/mol. The van der Waals surface area contributed by atoms with Gasteiger partial charge in [-0.2, -0.15) is 0 Å². The van der Waals surface area contributed by atoms with E-state index in [1.54, 1.807) is 0 Å². The van der Waals surface area contributed by atoms with Gasteiger partial charge < -0.3 is 5.32 Å². The Morgan fingerprint density at radius 3 is 3.00 bits per heavy atom. The van der Waals surface area contributed by atoms with E-state index in [1.165, 1.54) is 25.8 Å². The molecule has 3 atom stereocenters. The third-order valence-corrected chi connectivity index (χ3v) is 3.06. The molecular formula is C8H15N. The van der Waals surface area contributed by atoms with E-state index < -0.39 is 0 Å². The first-order valence-electron chi connectivity index (χ1n) is 4.11. The van der Waals surface area contributed by atoms with Crippen molar-refractivity contribution in [2.45, 2.75) is 32.2 Å². The fourth-order valence-electron chi connectivity index (χ4n) is 2.47. The molecule has 1 saturated heterocycles. The lowest BCUT2D eigenvalue weighted by Gasteiger charge is -2.11. The van der Waals surface area contributed by atoms with Crippen LogP contribution in [0.2, 0.25) is 0 Å². The van der Waals surface area contributed by atoms with Crippen molar-refractivity contribution in [1.29, 1.82) is 0 Å². The Bertz CT molecular complexity index is 111. The molecule has 0 aromatic heterocycles. The highest BCUT2D eigenvalue weighted by Crippen LogP contribution is 2.37. The summed E-state index contributed by atoms with van der Waals surface area (Å²) in [6.45, 7) is 3.63. The largest absolute Gasteiger partial charge is 0.314 e. The van der Waals surface area contributed by atoms with Gasteiger partial charge in [-0.3, -0.25) is 0 Å². The van der Waals surface area contributed by atoms with E-state index in [2.05, 4.69) is 12.2 Å². The van der Waals surface area contributed by atoms with Crippen LogP contribution < -0.4 is 5.32 Å². The highest BCUT2D eigenvalue weighted by atomic mass is 15.0. The number of rotatable bonds is 0. The summed E-state index contributed by atoms with van der Waals surface area (Å²) in [5.74, 6) is 2.07. The molecule has 0 aromatic carbocycles. The summed E-state index contributed by atoms with van der Waals surface area (Å²) in [7, 11) is 0. The van der Waals surface area contributed by atoms with Crippen molar-refractivity contribution >= 4 is 0 Å². The third kappa shape index (κ3) is 0.787. The molecule has 0 bridgehead atoms. The van der Waals surface area contributed by atoms with Crippen LogP contribution >= 0.6 is 0 Å². The minimum atomic E-state index is 0.817. The summed E-state index contributed by atoms with van der Waals surface area (Å²) in [5, 5.41) is 3.52. The van der Waals surface area contributed by atoms with Crippen molar-refractivity contribution in [3.63, 3.8) is 0 Å². The number of nitrogens with one attached hydrogen (secondary N) is 1. The molecule has 2 rings (SSSR count). The molecule has 2 unspecified atom stereocenters. The van der Waals surface area contributed by atoms with E-state index in [0.717, 1.165) is 17.9 Å². The van der Waals surface area contributed by atoms with E-state index in [1.807, 2.05) is 0 Å². The molecule has 0 amide bonds. The standard InChI is InChI=1S/C8H15N/c1-6-8-4-2-3-7(8)5-9-6/h6-9H,2-5H2,1H3/t6-,7?,8?/m1/s1. The molecule has 9 heavy (non-hydrogen) atoms. The van der Waals surface area contributed by atoms with Gasteiger partial charge in [-0.1, -0.05) is 6.42 Å². The van der Waals surface area contributed by atoms with Gasteiger partial charge >= 0.3 is 0 Å². The van der Waals surface area contributed by atoms with Crippen molar-refractivity contribution in [2.24, 2.45) is 11.8 Å². The van der Waals surface area contributed by atoms with Gasteiger partial charge in [0.25, 0.3) is 0 Å². The van der Waals surface area contributed by atoms with Crippen molar-refractivity contribution < 1.29 is 0 Å². The fourth-order valence-corrected chi connectivity index (χ4v) is 2.47. The predicted molar refractivity (Wildman–Crippen MR) is 38.3 cm³/mol. The van der Waals surface area contributed by atoms with Crippen molar-refractivity contribution in [3.8, 4) is 0 Å². The lowest BCUT2D eigenvalue weighted by atomic mass is 9.95. The summed E-state index contributed by atoms with van der Waals surface area (Å²) < 4.78 is 0. The first-order valence-corrected chi connectivity index (χ1v) is 4.11. The van der Waals surface area contributed by atoms with E-state index >= 15 is 0 Å². The molecule has 1 aliphatic heterocycles. The highest BCUT2D eigenvalue weighted by molar-refractivity contribution is 4.91. The van der Waals surface area contributed by atoms with Crippen LogP contribution in [0.25, 0.3) is 0 Å². The molecule has 1 heteroatoms. The number of fused-ring (bicyclic) bond motifs is 1. The molecule has 0 spiro atoms. The molecule has 0 radical (unpaired) electrons. The minimum Gasteiger partial charge on any atom is -0.314 e. The van der Waals surface area contributed by atoms with Crippen LogP contribution in [-0.4, -0.2) is 12.6 Å². The molecule has 2 aliphatic rings. The lowest BCUT2D eigenvalue weighted by Crippen LogP contribution is -2.22. The molecule has 2 fully saturated rings. The molecule has 1 saturated carbocycles. The normalized spacial score (nSPS) is 49.7. The fraction of sp³-hybridized carbons (Fsp3) is 1.00. The van der Waals surface area contributed by atoms with Gasteiger partial charge in [0.1, 0.15) is 0 Å². The Hall–Kier alpha value is -0.0400. The van der Waals surface area contributed by atoms with Crippen molar-refractivity contribution in [1.82, 2.24) is 5.32 Å². The molecule has 0 aromatic rings. The number of hydrogen-bond acceptors (Lipinski definition) is 1. The molecule has 52 valence electrons. The summed E-state index contributed by atoms with van der Waals surface area (Å²) >= 11 is 0. The first kappa shape index (κ1) is 5.72. The van der Waals surface area contributed by atoms with Crippen LogP contribution in [0.3, 0.4) is 0 Å². The highest BCUT2D eigenvalue weighted by Gasteiger charge is 2.35. The zero-order valence-corrected chi connectivity index (χ0v) is 6.06. The second-order valence-corrected chi connectivity index (χ2v) is 3.55. The SMILES string of the molecule is C[C@H]1NCC2CCCC21. The molecule has 1 N–H and O–H groups in total. The Morgan fingerprint density at radius 2 is 2.22 bits per heavy atom. The van der Waals surface area contributed by atoms with Crippen LogP contribution in [0.4, 0.5) is 0 Å². The van der Waals surface area contributed by atoms with E-state index in [9.17, 15) is 0 Å². The Balaban J connectivity index is 2.07. The Morgan fingerprint density at radius 1 is 1.33 bits per heavy atom. The van der Waals surface area contributed by atoms with Crippen LogP contribution in [0.15, 0.2) is 0 Å². The molecular weight excluding hydrogens is 110 g/mol. The van der Waals surface area contributed by atoms with Crippen LogP contribution in [0, 0.1) is 11.8 Å². The maximum Gasteiger partial charge on any atom is 0.00702 e. The van der Waals surface area contributed by atoms with E-state index in [-0.39, 0.29) is 0 Å². The molecule has 1 aliphatic carbocycles. The Labute approximate surface area is 56.8 Å². The lowest BCUT2D eigenvalue weighted by molar-refractivity contribution is 0.432. The van der Waals surface area contributed by atoms with Gasteiger partial charge in [-0.25, -0.2) is 0 Å². The van der Waals surface area contributed by atoms with E-state index in [4.69, 9.17) is 0 Å². The zero-order valence-electron chi connectivity index (χ0n) is 6.06. The second-order valence-electron chi connectivity index (χ2n) is 3.55. The van der Waals surface area contributed by atoms with Gasteiger partial charge in [0.2, 0.25) is 0 Å². The first-order chi connectivity index (χ1) is 4.38. The quantitative estimate of drug-likeness (QED) is 0.516. The predicted octanol–water partition coefficient (Wildman–Crippen LogP) is 1.39. The van der Waals surface area contributed by atoms with Gasteiger partial charge in [0.05, 0.1) is 0 Å². The summed E-state index contributed by atoms with van der Waals surface area (Å²) in [5.41, 5.74) is 0. The summed E-state index contributed by atoms with van der Waals surface area (Å²) in [6.07, 6.45) is 4.46. The second kappa shape index (κ2) is 1.98. The average Bonchev–Trinajstić information content (AvgIpc) is 2.35. The third-order valence-electron chi connectivity index (χ3n) is 3.06. The maximum absolute atomic E-state index is 3.52. The molecule has 1 nitrogen and oxygen atoms in total. The Kier molecular flexibility index (Phi) is 1.26. The molecule has 1 heterocycles. The van der Waals surface area contributed by atoms with Crippen LogP contribution in [-0.2, 0) is 0 Å². The van der Waals surface area contributed by atoms with Crippen molar-refractivity contribution in [2.75, 3.05) is 6.54 Å². The van der Waals surface area contributed by atoms with Gasteiger partial charge in [-0.05, 0) is 38.1 Å². The van der Waals surface area contributed by atoms with Crippen LogP contribution in [0.1, 0.15) is 26.2 Å². The van der Waals surface area contributed by atoms with Gasteiger partial charge in [0, 0.05) is 6.04 Å². The van der Waals surface area contributed by atoms with Crippen molar-refractivity contribution in [3.05, 3.63) is 0 Å².